The largest absolute Gasteiger partial charge is 0.417 e. The summed E-state index contributed by atoms with van der Waals surface area (Å²) in [5.41, 5.74) is -0.748. The number of thiophene rings is 1. The molecule has 2 aromatic rings. The van der Waals surface area contributed by atoms with Crippen molar-refractivity contribution in [3.8, 4) is 0 Å². The minimum atomic E-state index is -4.36. The summed E-state index contributed by atoms with van der Waals surface area (Å²) < 4.78 is 37.4. The van der Waals surface area contributed by atoms with E-state index >= 15 is 0 Å². The van der Waals surface area contributed by atoms with Gasteiger partial charge in [-0.15, -0.1) is 35.3 Å². The van der Waals surface area contributed by atoms with Crippen LogP contribution >= 0.6 is 35.3 Å². The molecule has 0 aliphatic carbocycles. The topological polar surface area (TPSA) is 61.3 Å². The Balaban J connectivity index is 0.00000364. The van der Waals surface area contributed by atoms with Gasteiger partial charge >= 0.3 is 6.18 Å². The molecule has 27 heavy (non-hydrogen) atoms. The van der Waals surface area contributed by atoms with Gasteiger partial charge < -0.3 is 16.0 Å². The number of aromatic nitrogens is 1. The van der Waals surface area contributed by atoms with E-state index in [-0.39, 0.29) is 24.0 Å². The summed E-state index contributed by atoms with van der Waals surface area (Å²) in [6.07, 6.45) is -1.81. The number of nitrogens with zero attached hydrogens (tertiary/aromatic N) is 2. The van der Waals surface area contributed by atoms with E-state index in [9.17, 15) is 13.2 Å². The summed E-state index contributed by atoms with van der Waals surface area (Å²) in [6, 6.07) is 6.49. The molecule has 0 spiro atoms. The first-order chi connectivity index (χ1) is 12.5. The number of halogens is 4. The first kappa shape index (κ1) is 23.5. The van der Waals surface area contributed by atoms with E-state index in [2.05, 4.69) is 37.4 Å². The maximum atomic E-state index is 12.5. The van der Waals surface area contributed by atoms with Crippen LogP contribution < -0.4 is 16.0 Å². The summed E-state index contributed by atoms with van der Waals surface area (Å²) in [5, 5.41) is 11.5. The molecule has 0 saturated heterocycles. The van der Waals surface area contributed by atoms with Crippen molar-refractivity contribution >= 4 is 47.1 Å². The number of hydrogen-bond acceptors (Lipinski definition) is 4. The Labute approximate surface area is 177 Å². The number of alkyl halides is 3. The molecule has 5 nitrogen and oxygen atoms in total. The van der Waals surface area contributed by atoms with Crippen molar-refractivity contribution in [1.29, 1.82) is 0 Å². The lowest BCUT2D eigenvalue weighted by Gasteiger charge is -2.12. The highest BCUT2D eigenvalue weighted by Crippen LogP contribution is 2.28. The second kappa shape index (κ2) is 12.0. The molecule has 0 atom stereocenters. The summed E-state index contributed by atoms with van der Waals surface area (Å²) in [7, 11) is 1.71. The lowest BCUT2D eigenvalue weighted by Crippen LogP contribution is -2.39. The summed E-state index contributed by atoms with van der Waals surface area (Å²) in [5.74, 6) is 1.16. The fraction of sp³-hybridized carbons (Fsp3) is 0.412. The molecule has 3 N–H and O–H groups in total. The van der Waals surface area contributed by atoms with Crippen LogP contribution in [0.25, 0.3) is 0 Å². The van der Waals surface area contributed by atoms with Crippen molar-refractivity contribution in [2.24, 2.45) is 4.99 Å². The number of rotatable bonds is 8. The van der Waals surface area contributed by atoms with Gasteiger partial charge in [-0.05, 0) is 36.4 Å². The van der Waals surface area contributed by atoms with Crippen LogP contribution in [0.3, 0.4) is 0 Å². The normalized spacial score (nSPS) is 11.6. The van der Waals surface area contributed by atoms with Gasteiger partial charge in [-0.1, -0.05) is 6.07 Å². The van der Waals surface area contributed by atoms with Gasteiger partial charge in [0.1, 0.15) is 5.82 Å². The minimum Gasteiger partial charge on any atom is -0.370 e. The highest BCUT2D eigenvalue weighted by Gasteiger charge is 2.30. The molecular weight excluding hydrogens is 490 g/mol. The van der Waals surface area contributed by atoms with Crippen LogP contribution in [-0.2, 0) is 12.6 Å². The van der Waals surface area contributed by atoms with E-state index in [1.165, 1.54) is 10.9 Å². The van der Waals surface area contributed by atoms with Crippen molar-refractivity contribution in [3.63, 3.8) is 0 Å². The lowest BCUT2D eigenvalue weighted by atomic mass is 10.3. The SMILES string of the molecule is CN=C(NCCCNc1ccc(C(F)(F)F)cn1)NCCc1cccs1.I. The van der Waals surface area contributed by atoms with Crippen molar-refractivity contribution in [2.45, 2.75) is 19.0 Å². The summed E-state index contributed by atoms with van der Waals surface area (Å²) in [4.78, 5) is 9.25. The molecule has 0 bridgehead atoms. The third kappa shape index (κ3) is 8.78. The van der Waals surface area contributed by atoms with Crippen LogP contribution in [0.4, 0.5) is 19.0 Å². The zero-order valence-electron chi connectivity index (χ0n) is 14.8. The van der Waals surface area contributed by atoms with Crippen LogP contribution in [-0.4, -0.2) is 37.6 Å². The predicted octanol–water partition coefficient (Wildman–Crippen LogP) is 3.99. The van der Waals surface area contributed by atoms with E-state index in [1.54, 1.807) is 18.4 Å². The van der Waals surface area contributed by atoms with E-state index in [4.69, 9.17) is 0 Å². The molecular formula is C17H23F3IN5S. The Bertz CT molecular complexity index is 675. The average Bonchev–Trinajstić information content (AvgIpc) is 3.13. The number of pyridine rings is 1. The zero-order valence-corrected chi connectivity index (χ0v) is 18.0. The van der Waals surface area contributed by atoms with E-state index in [0.717, 1.165) is 37.6 Å². The van der Waals surface area contributed by atoms with Crippen LogP contribution in [0.2, 0.25) is 0 Å². The molecule has 2 heterocycles. The van der Waals surface area contributed by atoms with Crippen molar-refractivity contribution in [3.05, 3.63) is 46.3 Å². The first-order valence-electron chi connectivity index (χ1n) is 8.23. The molecule has 0 unspecified atom stereocenters. The van der Waals surface area contributed by atoms with Gasteiger partial charge in [0.2, 0.25) is 0 Å². The van der Waals surface area contributed by atoms with Crippen molar-refractivity contribution < 1.29 is 13.2 Å². The number of anilines is 1. The second-order valence-corrected chi connectivity index (χ2v) is 6.50. The van der Waals surface area contributed by atoms with Gasteiger partial charge in [0.25, 0.3) is 0 Å². The molecule has 0 radical (unpaired) electrons. The molecule has 0 aromatic carbocycles. The molecule has 150 valence electrons. The quantitative estimate of drug-likeness (QED) is 0.216. The third-order valence-electron chi connectivity index (χ3n) is 3.51. The third-order valence-corrected chi connectivity index (χ3v) is 4.45. The fourth-order valence-corrected chi connectivity index (χ4v) is 2.87. The molecule has 0 aliphatic heterocycles. The Hall–Kier alpha value is -1.56. The number of aliphatic imine (C=N–C) groups is 1. The van der Waals surface area contributed by atoms with E-state index < -0.39 is 11.7 Å². The number of guanidine groups is 1. The molecule has 0 aliphatic rings. The van der Waals surface area contributed by atoms with Gasteiger partial charge in [0, 0.05) is 37.8 Å². The molecule has 0 fully saturated rings. The van der Waals surface area contributed by atoms with Gasteiger partial charge in [0.05, 0.1) is 5.56 Å². The Morgan fingerprint density at radius 2 is 1.93 bits per heavy atom. The van der Waals surface area contributed by atoms with Crippen molar-refractivity contribution in [2.75, 3.05) is 32.0 Å². The molecule has 0 saturated carbocycles. The Morgan fingerprint density at radius 3 is 2.52 bits per heavy atom. The van der Waals surface area contributed by atoms with Crippen LogP contribution in [0.5, 0.6) is 0 Å². The Kier molecular flexibility index (Phi) is 10.4. The molecule has 2 rings (SSSR count). The van der Waals surface area contributed by atoms with Gasteiger partial charge in [-0.25, -0.2) is 4.98 Å². The van der Waals surface area contributed by atoms with Crippen LogP contribution in [0.1, 0.15) is 16.9 Å². The standard InChI is InChI=1S/C17H22F3N5S.HI/c1-21-16(24-10-7-14-4-2-11-26-14)23-9-3-8-22-15-6-5-13(12-25-15)17(18,19)20;/h2,4-6,11-12H,3,7-10H2,1H3,(H,22,25)(H2,21,23,24);1H. The van der Waals surface area contributed by atoms with Gasteiger partial charge in [0.15, 0.2) is 5.96 Å². The van der Waals surface area contributed by atoms with Crippen molar-refractivity contribution in [1.82, 2.24) is 15.6 Å². The molecule has 10 heteroatoms. The monoisotopic (exact) mass is 513 g/mol. The highest BCUT2D eigenvalue weighted by atomic mass is 127. The zero-order chi connectivity index (χ0) is 18.8. The smallest absolute Gasteiger partial charge is 0.370 e. The maximum Gasteiger partial charge on any atom is 0.417 e. The summed E-state index contributed by atoms with van der Waals surface area (Å²) in [6.45, 7) is 2.08. The maximum absolute atomic E-state index is 12.5. The van der Waals surface area contributed by atoms with Gasteiger partial charge in [-0.2, -0.15) is 13.2 Å². The van der Waals surface area contributed by atoms with E-state index in [1.807, 2.05) is 6.07 Å². The Morgan fingerprint density at radius 1 is 1.15 bits per heavy atom. The van der Waals surface area contributed by atoms with Gasteiger partial charge in [-0.3, -0.25) is 4.99 Å². The van der Waals surface area contributed by atoms with Crippen LogP contribution in [0, 0.1) is 0 Å². The van der Waals surface area contributed by atoms with Crippen LogP contribution in [0.15, 0.2) is 40.8 Å². The number of nitrogens with one attached hydrogen (secondary N) is 3. The average molecular weight is 513 g/mol. The van der Waals surface area contributed by atoms with E-state index in [0.29, 0.717) is 18.9 Å². The minimum absolute atomic E-state index is 0. The highest BCUT2D eigenvalue weighted by molar-refractivity contribution is 14.0. The molecule has 0 amide bonds. The summed E-state index contributed by atoms with van der Waals surface area (Å²) >= 11 is 1.73. The fourth-order valence-electron chi connectivity index (χ4n) is 2.16. The predicted molar refractivity (Wildman–Crippen MR) is 115 cm³/mol. The first-order valence-corrected chi connectivity index (χ1v) is 9.11. The second-order valence-electron chi connectivity index (χ2n) is 5.47. The lowest BCUT2D eigenvalue weighted by molar-refractivity contribution is -0.137. The number of hydrogen-bond donors (Lipinski definition) is 3. The molecule has 2 aromatic heterocycles.